The number of carbonyl (C=O) groups is 1. The molecule has 0 spiro atoms. The first-order chi connectivity index (χ1) is 9.63. The first kappa shape index (κ1) is 12.9. The number of ether oxygens (including phenoxy) is 1. The highest BCUT2D eigenvalue weighted by Crippen LogP contribution is 2.34. The van der Waals surface area contributed by atoms with Crippen LogP contribution < -0.4 is 15.4 Å². The number of para-hydroxylation sites is 2. The van der Waals surface area contributed by atoms with E-state index in [1.807, 2.05) is 36.6 Å². The van der Waals surface area contributed by atoms with Crippen molar-refractivity contribution in [2.75, 3.05) is 11.4 Å². The van der Waals surface area contributed by atoms with E-state index in [0.717, 1.165) is 16.4 Å². The number of thiazole rings is 1. The summed E-state index contributed by atoms with van der Waals surface area (Å²) >= 11 is 1.62. The highest BCUT2D eigenvalue weighted by atomic mass is 32.1. The van der Waals surface area contributed by atoms with Crippen LogP contribution in [0.4, 0.5) is 5.69 Å². The summed E-state index contributed by atoms with van der Waals surface area (Å²) in [6.45, 7) is 3.07. The van der Waals surface area contributed by atoms with Gasteiger partial charge in [-0.05, 0) is 19.1 Å². The van der Waals surface area contributed by atoms with E-state index >= 15 is 0 Å². The molecule has 1 aliphatic heterocycles. The van der Waals surface area contributed by atoms with Crippen LogP contribution in [0.15, 0.2) is 29.6 Å². The predicted molar refractivity (Wildman–Crippen MR) is 78.0 cm³/mol. The molecule has 0 radical (unpaired) electrons. The van der Waals surface area contributed by atoms with Gasteiger partial charge in [0.25, 0.3) is 5.91 Å². The van der Waals surface area contributed by atoms with Gasteiger partial charge in [-0.25, -0.2) is 4.98 Å². The number of benzene rings is 1. The van der Waals surface area contributed by atoms with E-state index in [2.05, 4.69) is 9.88 Å². The largest absolute Gasteiger partial charge is 0.477 e. The molecular formula is C14H15N3O2S. The van der Waals surface area contributed by atoms with Crippen molar-refractivity contribution >= 4 is 22.9 Å². The second-order valence-corrected chi connectivity index (χ2v) is 5.78. The minimum absolute atomic E-state index is 0.445. The Bertz CT molecular complexity index is 641. The number of amides is 1. The molecule has 6 heteroatoms. The van der Waals surface area contributed by atoms with Crippen molar-refractivity contribution in [1.82, 2.24) is 4.98 Å². The molecule has 2 aromatic rings. The number of nitrogens with zero attached hydrogens (tertiary/aromatic N) is 2. The number of primary amides is 1. The zero-order chi connectivity index (χ0) is 14.1. The number of hydrogen-bond donors (Lipinski definition) is 1. The van der Waals surface area contributed by atoms with E-state index in [4.69, 9.17) is 10.5 Å². The Morgan fingerprint density at radius 3 is 3.05 bits per heavy atom. The summed E-state index contributed by atoms with van der Waals surface area (Å²) in [6.07, 6.45) is -0.621. The van der Waals surface area contributed by atoms with Crippen molar-refractivity contribution in [2.24, 2.45) is 5.73 Å². The van der Waals surface area contributed by atoms with Crippen molar-refractivity contribution in [3.63, 3.8) is 0 Å². The van der Waals surface area contributed by atoms with E-state index < -0.39 is 12.0 Å². The van der Waals surface area contributed by atoms with Crippen LogP contribution in [0.5, 0.6) is 5.75 Å². The van der Waals surface area contributed by atoms with Gasteiger partial charge in [0.05, 0.1) is 29.5 Å². The van der Waals surface area contributed by atoms with Crippen LogP contribution in [0.2, 0.25) is 0 Å². The van der Waals surface area contributed by atoms with E-state index in [1.165, 1.54) is 0 Å². The van der Waals surface area contributed by atoms with Crippen molar-refractivity contribution in [3.8, 4) is 5.75 Å². The Balaban J connectivity index is 1.90. The van der Waals surface area contributed by atoms with Gasteiger partial charge in [0, 0.05) is 5.38 Å². The summed E-state index contributed by atoms with van der Waals surface area (Å²) in [4.78, 5) is 18.0. The number of fused-ring (bicyclic) bond motifs is 1. The second kappa shape index (κ2) is 5.13. The smallest absolute Gasteiger partial charge is 0.260 e. The molecule has 1 aliphatic rings. The van der Waals surface area contributed by atoms with Crippen LogP contribution in [0.1, 0.15) is 10.7 Å². The highest BCUT2D eigenvalue weighted by molar-refractivity contribution is 7.09. The third kappa shape index (κ3) is 2.46. The molecule has 0 unspecified atom stereocenters. The number of nitrogens with two attached hydrogens (primary N) is 1. The molecule has 1 aromatic carbocycles. The van der Waals surface area contributed by atoms with Crippen molar-refractivity contribution in [1.29, 1.82) is 0 Å². The van der Waals surface area contributed by atoms with Gasteiger partial charge < -0.3 is 15.4 Å². The van der Waals surface area contributed by atoms with Crippen LogP contribution in [0, 0.1) is 6.92 Å². The molecule has 20 heavy (non-hydrogen) atoms. The predicted octanol–water partition coefficient (Wildman–Crippen LogP) is 1.70. The molecule has 104 valence electrons. The molecule has 2 heterocycles. The molecule has 5 nitrogen and oxygen atoms in total. The number of aryl methyl sites for hydroxylation is 1. The van der Waals surface area contributed by atoms with E-state index in [9.17, 15) is 4.79 Å². The summed E-state index contributed by atoms with van der Waals surface area (Å²) in [5.41, 5.74) is 7.34. The van der Waals surface area contributed by atoms with E-state index in [-0.39, 0.29) is 0 Å². The molecule has 0 bridgehead atoms. The Hall–Kier alpha value is -2.08. The first-order valence-corrected chi connectivity index (χ1v) is 7.22. The molecule has 2 N–H and O–H groups in total. The molecule has 0 aliphatic carbocycles. The summed E-state index contributed by atoms with van der Waals surface area (Å²) in [5, 5.41) is 3.07. The van der Waals surface area contributed by atoms with E-state index in [0.29, 0.717) is 18.8 Å². The zero-order valence-electron chi connectivity index (χ0n) is 11.1. The monoisotopic (exact) mass is 289 g/mol. The number of anilines is 1. The molecule has 1 atom stereocenters. The van der Waals surface area contributed by atoms with Gasteiger partial charge >= 0.3 is 0 Å². The van der Waals surface area contributed by atoms with Crippen molar-refractivity contribution in [3.05, 3.63) is 40.3 Å². The lowest BCUT2D eigenvalue weighted by Gasteiger charge is -2.34. The minimum atomic E-state index is -0.621. The SMILES string of the molecule is Cc1nc(CN2C[C@H](C(N)=O)Oc3ccccc32)cs1. The van der Waals surface area contributed by atoms with Crippen molar-refractivity contribution in [2.45, 2.75) is 19.6 Å². The molecule has 0 fully saturated rings. The molecule has 1 aromatic heterocycles. The third-order valence-electron chi connectivity index (χ3n) is 3.20. The minimum Gasteiger partial charge on any atom is -0.477 e. The standard InChI is InChI=1S/C14H15N3O2S/c1-9-16-10(8-20-9)6-17-7-13(14(15)18)19-12-5-3-2-4-11(12)17/h2-5,8,13H,6-7H2,1H3,(H2,15,18)/t13-/m1/s1. The van der Waals surface area contributed by atoms with Crippen LogP contribution in [-0.2, 0) is 11.3 Å². The molecule has 3 rings (SSSR count). The maximum atomic E-state index is 11.4. The zero-order valence-corrected chi connectivity index (χ0v) is 11.9. The van der Waals surface area contributed by atoms with Gasteiger partial charge in [-0.15, -0.1) is 11.3 Å². The fourth-order valence-corrected chi connectivity index (χ4v) is 2.89. The molecule has 0 saturated heterocycles. The van der Waals surface area contributed by atoms with Crippen molar-refractivity contribution < 1.29 is 9.53 Å². The quantitative estimate of drug-likeness (QED) is 0.934. The summed E-state index contributed by atoms with van der Waals surface area (Å²) in [5.74, 6) is 0.244. The highest BCUT2D eigenvalue weighted by Gasteiger charge is 2.29. The average molecular weight is 289 g/mol. The summed E-state index contributed by atoms with van der Waals surface area (Å²) in [6, 6.07) is 7.66. The molecule has 1 amide bonds. The summed E-state index contributed by atoms with van der Waals surface area (Å²) < 4.78 is 5.63. The lowest BCUT2D eigenvalue weighted by molar-refractivity contribution is -0.124. The maximum absolute atomic E-state index is 11.4. The Morgan fingerprint density at radius 2 is 2.35 bits per heavy atom. The Morgan fingerprint density at radius 1 is 1.55 bits per heavy atom. The van der Waals surface area contributed by atoms with Gasteiger partial charge in [0.15, 0.2) is 6.10 Å². The number of rotatable bonds is 3. The van der Waals surface area contributed by atoms with Crippen LogP contribution in [-0.4, -0.2) is 23.5 Å². The van der Waals surface area contributed by atoms with Gasteiger partial charge in [-0.1, -0.05) is 12.1 Å². The number of carbonyl (C=O) groups excluding carboxylic acids is 1. The third-order valence-corrected chi connectivity index (χ3v) is 4.02. The van der Waals surface area contributed by atoms with E-state index in [1.54, 1.807) is 11.3 Å². The van der Waals surface area contributed by atoms with Gasteiger partial charge in [-0.2, -0.15) is 0 Å². The Kier molecular flexibility index (Phi) is 3.31. The lowest BCUT2D eigenvalue weighted by Crippen LogP contribution is -2.47. The fourth-order valence-electron chi connectivity index (χ4n) is 2.28. The summed E-state index contributed by atoms with van der Waals surface area (Å²) in [7, 11) is 0. The Labute approximate surface area is 121 Å². The molecular weight excluding hydrogens is 274 g/mol. The molecule has 0 saturated carbocycles. The topological polar surface area (TPSA) is 68.5 Å². The maximum Gasteiger partial charge on any atom is 0.260 e. The van der Waals surface area contributed by atoms with Gasteiger partial charge in [0.2, 0.25) is 0 Å². The van der Waals surface area contributed by atoms with Gasteiger partial charge in [0.1, 0.15) is 5.75 Å². The van der Waals surface area contributed by atoms with Crippen LogP contribution in [0.25, 0.3) is 0 Å². The van der Waals surface area contributed by atoms with Crippen LogP contribution in [0.3, 0.4) is 0 Å². The average Bonchev–Trinajstić information content (AvgIpc) is 2.84. The second-order valence-electron chi connectivity index (χ2n) is 4.71. The first-order valence-electron chi connectivity index (χ1n) is 6.34. The number of aromatic nitrogens is 1. The number of hydrogen-bond acceptors (Lipinski definition) is 5. The fraction of sp³-hybridized carbons (Fsp3) is 0.286. The van der Waals surface area contributed by atoms with Gasteiger partial charge in [-0.3, -0.25) is 4.79 Å². The normalized spacial score (nSPS) is 17.4. The van der Waals surface area contributed by atoms with Crippen LogP contribution >= 0.6 is 11.3 Å². The lowest BCUT2D eigenvalue weighted by atomic mass is 10.1.